The number of hydrogen-bond donors (Lipinski definition) is 0. The van der Waals surface area contributed by atoms with Gasteiger partial charge in [0.15, 0.2) is 11.5 Å². The van der Waals surface area contributed by atoms with E-state index < -0.39 is 23.2 Å². The minimum absolute atomic E-state index is 0.148. The van der Waals surface area contributed by atoms with Crippen molar-refractivity contribution < 1.29 is 23.8 Å². The predicted molar refractivity (Wildman–Crippen MR) is 153 cm³/mol. The lowest BCUT2D eigenvalue weighted by Gasteiger charge is -2.34. The molecule has 2 aliphatic rings. The summed E-state index contributed by atoms with van der Waals surface area (Å²) in [7, 11) is 1.62. The Bertz CT molecular complexity index is 1350. The van der Waals surface area contributed by atoms with Gasteiger partial charge in [-0.15, -0.1) is 0 Å². The number of cyclic esters (lactones) is 1. The summed E-state index contributed by atoms with van der Waals surface area (Å²) in [6, 6.07) is 25.3. The minimum atomic E-state index is -0.890. The number of carbonyl (C=O) groups excluding carboxylic acids is 2. The third-order valence-corrected chi connectivity index (χ3v) is 7.78. The molecule has 3 atom stereocenters. The fraction of sp³-hybridized carbons (Fsp3) is 0.394. The summed E-state index contributed by atoms with van der Waals surface area (Å²) in [5, 5.41) is 0. The third-order valence-electron chi connectivity index (χ3n) is 7.78. The predicted octanol–water partition coefficient (Wildman–Crippen LogP) is 6.20. The molecule has 2 unspecified atom stereocenters. The lowest BCUT2D eigenvalue weighted by molar-refractivity contribution is -0.139. The summed E-state index contributed by atoms with van der Waals surface area (Å²) < 4.78 is 17.3. The van der Waals surface area contributed by atoms with Gasteiger partial charge in [-0.3, -0.25) is 9.69 Å². The molecule has 0 aliphatic carbocycles. The Labute approximate surface area is 236 Å². The number of hydrogen-bond acceptors (Lipinski definition) is 6. The maximum atomic E-state index is 14.5. The highest BCUT2D eigenvalue weighted by atomic mass is 16.6. The number of amides is 2. The molecule has 2 saturated heterocycles. The Morgan fingerprint density at radius 2 is 1.65 bits per heavy atom. The molecule has 0 spiro atoms. The quantitative estimate of drug-likeness (QED) is 0.354. The van der Waals surface area contributed by atoms with Gasteiger partial charge in [-0.25, -0.2) is 9.69 Å². The van der Waals surface area contributed by atoms with Gasteiger partial charge in [0.05, 0.1) is 12.5 Å². The number of likely N-dealkylation sites (tertiary alicyclic amines) is 1. The second-order valence-corrected chi connectivity index (χ2v) is 11.9. The Hall–Kier alpha value is -3.84. The Morgan fingerprint density at radius 1 is 0.975 bits per heavy atom. The first-order valence-corrected chi connectivity index (χ1v) is 13.8. The molecule has 0 saturated carbocycles. The summed E-state index contributed by atoms with van der Waals surface area (Å²) in [5.41, 5.74) is 1.70. The van der Waals surface area contributed by atoms with Crippen LogP contribution in [0.5, 0.6) is 11.5 Å². The topological polar surface area (TPSA) is 68.3 Å². The Morgan fingerprint density at radius 3 is 2.30 bits per heavy atom. The van der Waals surface area contributed by atoms with Gasteiger partial charge in [0.2, 0.25) is 5.91 Å². The van der Waals surface area contributed by atoms with Crippen LogP contribution in [0.3, 0.4) is 0 Å². The smallest absolute Gasteiger partial charge is 0.417 e. The highest BCUT2D eigenvalue weighted by Gasteiger charge is 2.54. The van der Waals surface area contributed by atoms with E-state index in [4.69, 9.17) is 14.2 Å². The van der Waals surface area contributed by atoms with Gasteiger partial charge in [0.1, 0.15) is 18.2 Å². The number of rotatable bonds is 7. The number of benzene rings is 3. The summed E-state index contributed by atoms with van der Waals surface area (Å²) in [4.78, 5) is 31.2. The molecule has 7 heteroatoms. The van der Waals surface area contributed by atoms with Crippen molar-refractivity contribution in [3.8, 4) is 11.5 Å². The van der Waals surface area contributed by atoms with E-state index in [1.165, 1.54) is 10.5 Å². The van der Waals surface area contributed by atoms with Gasteiger partial charge >= 0.3 is 6.09 Å². The molecule has 0 N–H and O–H groups in total. The van der Waals surface area contributed by atoms with Crippen LogP contribution in [0, 0.1) is 5.41 Å². The SMILES string of the molecule is COc1ccc(C2CN(Cc3ccccc3)C[C@@]2(C)C(=O)N2C(=O)OCC2c2ccccc2)cc1OC(C)(C)C. The summed E-state index contributed by atoms with van der Waals surface area (Å²) in [6.07, 6.45) is -0.591. The van der Waals surface area contributed by atoms with Crippen LogP contribution in [0.2, 0.25) is 0 Å². The molecule has 3 aromatic rings. The summed E-state index contributed by atoms with van der Waals surface area (Å²) in [6.45, 7) is 9.96. The van der Waals surface area contributed by atoms with E-state index in [2.05, 4.69) is 17.0 Å². The third kappa shape index (κ3) is 5.56. The van der Waals surface area contributed by atoms with Crippen LogP contribution in [0.1, 0.15) is 56.3 Å². The summed E-state index contributed by atoms with van der Waals surface area (Å²) in [5.74, 6) is 0.852. The van der Waals surface area contributed by atoms with Crippen LogP contribution in [0.25, 0.3) is 0 Å². The van der Waals surface area contributed by atoms with Crippen LogP contribution in [0.4, 0.5) is 4.79 Å². The van der Waals surface area contributed by atoms with Gasteiger partial charge in [-0.05, 0) is 56.5 Å². The number of nitrogens with zero attached hydrogens (tertiary/aromatic N) is 2. The van der Waals surface area contributed by atoms with Gasteiger partial charge in [0, 0.05) is 25.6 Å². The first kappa shape index (κ1) is 27.7. The minimum Gasteiger partial charge on any atom is -0.493 e. The van der Waals surface area contributed by atoms with Gasteiger partial charge in [-0.2, -0.15) is 0 Å². The van der Waals surface area contributed by atoms with E-state index in [0.717, 1.165) is 11.1 Å². The van der Waals surface area contributed by atoms with Gasteiger partial charge in [0.25, 0.3) is 0 Å². The number of ether oxygens (including phenoxy) is 3. The summed E-state index contributed by atoms with van der Waals surface area (Å²) >= 11 is 0. The van der Waals surface area contributed by atoms with E-state index in [0.29, 0.717) is 31.1 Å². The molecule has 2 aliphatic heterocycles. The molecule has 5 rings (SSSR count). The normalized spacial score (nSPS) is 23.2. The number of methoxy groups -OCH3 is 1. The van der Waals surface area contributed by atoms with E-state index in [1.54, 1.807) is 7.11 Å². The van der Waals surface area contributed by atoms with E-state index in [9.17, 15) is 9.59 Å². The lowest BCUT2D eigenvalue weighted by atomic mass is 9.74. The molecule has 2 amide bonds. The Kier molecular flexibility index (Phi) is 7.60. The van der Waals surface area contributed by atoms with Gasteiger partial charge < -0.3 is 14.2 Å². The largest absolute Gasteiger partial charge is 0.493 e. The Balaban J connectivity index is 1.54. The first-order valence-electron chi connectivity index (χ1n) is 13.8. The van der Waals surface area contributed by atoms with Crippen LogP contribution in [-0.4, -0.2) is 54.2 Å². The zero-order valence-electron chi connectivity index (χ0n) is 23.9. The fourth-order valence-corrected chi connectivity index (χ4v) is 5.91. The highest BCUT2D eigenvalue weighted by molar-refractivity contribution is 5.97. The second-order valence-electron chi connectivity index (χ2n) is 11.9. The molecule has 3 aromatic carbocycles. The van der Waals surface area contributed by atoms with Crippen molar-refractivity contribution in [3.63, 3.8) is 0 Å². The zero-order valence-corrected chi connectivity index (χ0v) is 23.9. The molecule has 210 valence electrons. The lowest BCUT2D eigenvalue weighted by Crippen LogP contribution is -2.47. The monoisotopic (exact) mass is 542 g/mol. The van der Waals surface area contributed by atoms with Crippen LogP contribution in [0.15, 0.2) is 78.9 Å². The molecule has 2 heterocycles. The average molecular weight is 543 g/mol. The van der Waals surface area contributed by atoms with Crippen LogP contribution in [-0.2, 0) is 16.1 Å². The van der Waals surface area contributed by atoms with Gasteiger partial charge in [-0.1, -0.05) is 66.7 Å². The van der Waals surface area contributed by atoms with Crippen molar-refractivity contribution in [2.24, 2.45) is 5.41 Å². The van der Waals surface area contributed by atoms with E-state index in [1.807, 2.05) is 94.4 Å². The fourth-order valence-electron chi connectivity index (χ4n) is 5.91. The maximum absolute atomic E-state index is 14.5. The molecular weight excluding hydrogens is 504 g/mol. The molecule has 40 heavy (non-hydrogen) atoms. The van der Waals surface area contributed by atoms with Crippen molar-refractivity contribution in [1.82, 2.24) is 9.80 Å². The van der Waals surface area contributed by atoms with Crippen molar-refractivity contribution in [3.05, 3.63) is 95.6 Å². The highest BCUT2D eigenvalue weighted by Crippen LogP contribution is 2.48. The molecule has 2 fully saturated rings. The number of imide groups is 1. The molecule has 7 nitrogen and oxygen atoms in total. The van der Waals surface area contributed by atoms with Crippen molar-refractivity contribution in [1.29, 1.82) is 0 Å². The maximum Gasteiger partial charge on any atom is 0.417 e. The molecule has 0 radical (unpaired) electrons. The molecule has 0 bridgehead atoms. The van der Waals surface area contributed by atoms with Crippen LogP contribution >= 0.6 is 0 Å². The van der Waals surface area contributed by atoms with Crippen molar-refractivity contribution in [2.75, 3.05) is 26.8 Å². The number of carbonyl (C=O) groups is 2. The van der Waals surface area contributed by atoms with E-state index >= 15 is 0 Å². The molecular formula is C33H38N2O5. The average Bonchev–Trinajstić information content (AvgIpc) is 3.48. The van der Waals surface area contributed by atoms with Crippen molar-refractivity contribution >= 4 is 12.0 Å². The van der Waals surface area contributed by atoms with Crippen LogP contribution < -0.4 is 9.47 Å². The van der Waals surface area contributed by atoms with Crippen molar-refractivity contribution in [2.45, 2.75) is 51.8 Å². The second kappa shape index (κ2) is 11.0. The molecule has 0 aromatic heterocycles. The zero-order chi connectivity index (χ0) is 28.5. The first-order chi connectivity index (χ1) is 19.1. The van der Waals surface area contributed by atoms with E-state index in [-0.39, 0.29) is 18.4 Å². The standard InChI is InChI=1S/C33H38N2O5/c1-32(2,3)40-29-18-25(16-17-28(29)38-5)26-20-34(19-23-12-8-6-9-13-23)22-33(26,4)30(36)35-27(21-39-31(35)37)24-14-10-7-11-15-24/h6-18,26-27H,19-22H2,1-5H3/t26?,27?,33-/m1/s1.